The summed E-state index contributed by atoms with van der Waals surface area (Å²) in [5.41, 5.74) is 1.20. The van der Waals surface area contributed by atoms with Crippen molar-refractivity contribution >= 4 is 23.2 Å². The Kier molecular flexibility index (Phi) is 6.89. The second-order valence-electron chi connectivity index (χ2n) is 5.85. The first kappa shape index (κ1) is 17.7. The van der Waals surface area contributed by atoms with Gasteiger partial charge in [-0.25, -0.2) is 0 Å². The molecule has 1 rings (SSSR count). The molecule has 0 spiro atoms. The van der Waals surface area contributed by atoms with Gasteiger partial charge in [0.1, 0.15) is 0 Å². The fourth-order valence-corrected chi connectivity index (χ4v) is 3.49. The van der Waals surface area contributed by atoms with Crippen molar-refractivity contribution in [3.63, 3.8) is 0 Å². The number of aliphatic carboxylic acids is 1. The van der Waals surface area contributed by atoms with Crippen molar-refractivity contribution in [1.82, 2.24) is 5.32 Å². The van der Waals surface area contributed by atoms with Gasteiger partial charge in [-0.2, -0.15) is 0 Å². The SMILES string of the molecule is CCc1cc(C(=O)NC[C@H](CC(=O)O)CC(C)C)sc1C. The Morgan fingerprint density at radius 2 is 2.05 bits per heavy atom. The number of hydrogen-bond acceptors (Lipinski definition) is 3. The highest BCUT2D eigenvalue weighted by atomic mass is 32.1. The van der Waals surface area contributed by atoms with Crippen molar-refractivity contribution in [3.05, 3.63) is 21.4 Å². The molecule has 0 saturated carbocycles. The largest absolute Gasteiger partial charge is 0.481 e. The first-order valence-electron chi connectivity index (χ1n) is 7.42. The maximum atomic E-state index is 12.2. The lowest BCUT2D eigenvalue weighted by atomic mass is 9.94. The molecule has 0 bridgehead atoms. The van der Waals surface area contributed by atoms with E-state index < -0.39 is 5.97 Å². The van der Waals surface area contributed by atoms with Crippen LogP contribution in [0.5, 0.6) is 0 Å². The minimum Gasteiger partial charge on any atom is -0.481 e. The second-order valence-corrected chi connectivity index (χ2v) is 7.11. The maximum Gasteiger partial charge on any atom is 0.303 e. The van der Waals surface area contributed by atoms with Crippen molar-refractivity contribution in [2.24, 2.45) is 11.8 Å². The lowest BCUT2D eigenvalue weighted by molar-refractivity contribution is -0.138. The van der Waals surface area contributed by atoms with Crippen molar-refractivity contribution in [1.29, 1.82) is 0 Å². The summed E-state index contributed by atoms with van der Waals surface area (Å²) in [6.07, 6.45) is 1.82. The van der Waals surface area contributed by atoms with E-state index in [-0.39, 0.29) is 18.2 Å². The third-order valence-electron chi connectivity index (χ3n) is 3.44. The highest BCUT2D eigenvalue weighted by molar-refractivity contribution is 7.14. The number of carbonyl (C=O) groups excluding carboxylic acids is 1. The second kappa shape index (κ2) is 8.17. The van der Waals surface area contributed by atoms with E-state index in [2.05, 4.69) is 26.1 Å². The van der Waals surface area contributed by atoms with Crippen LogP contribution in [0.4, 0.5) is 0 Å². The molecule has 0 aromatic carbocycles. The van der Waals surface area contributed by atoms with Crippen molar-refractivity contribution < 1.29 is 14.7 Å². The molecule has 1 atom stereocenters. The normalized spacial score (nSPS) is 12.4. The van der Waals surface area contributed by atoms with Gasteiger partial charge in [-0.15, -0.1) is 11.3 Å². The fraction of sp³-hybridized carbons (Fsp3) is 0.625. The minimum absolute atomic E-state index is 0.0156. The number of aryl methyl sites for hydroxylation is 2. The lowest BCUT2D eigenvalue weighted by Gasteiger charge is -2.17. The number of rotatable bonds is 8. The van der Waals surface area contributed by atoms with Crippen LogP contribution in [0, 0.1) is 18.8 Å². The third kappa shape index (κ3) is 5.87. The van der Waals surface area contributed by atoms with E-state index in [0.717, 1.165) is 12.8 Å². The van der Waals surface area contributed by atoms with Crippen LogP contribution >= 0.6 is 11.3 Å². The smallest absolute Gasteiger partial charge is 0.303 e. The van der Waals surface area contributed by atoms with Crippen LogP contribution in [0.2, 0.25) is 0 Å². The quantitative estimate of drug-likeness (QED) is 0.772. The molecule has 4 nitrogen and oxygen atoms in total. The van der Waals surface area contributed by atoms with Crippen LogP contribution in [0.3, 0.4) is 0 Å². The molecule has 1 aromatic rings. The minimum atomic E-state index is -0.810. The zero-order chi connectivity index (χ0) is 16.0. The molecular formula is C16H25NO3S. The van der Waals surface area contributed by atoms with E-state index in [9.17, 15) is 9.59 Å². The number of hydrogen-bond donors (Lipinski definition) is 2. The van der Waals surface area contributed by atoms with Gasteiger partial charge in [0, 0.05) is 17.8 Å². The zero-order valence-corrected chi connectivity index (χ0v) is 14.0. The summed E-state index contributed by atoms with van der Waals surface area (Å²) in [5.74, 6) is -0.503. The Bertz CT molecular complexity index is 494. The van der Waals surface area contributed by atoms with Gasteiger partial charge >= 0.3 is 5.97 Å². The van der Waals surface area contributed by atoms with Crippen LogP contribution in [0.1, 0.15) is 53.7 Å². The molecule has 0 aliphatic rings. The van der Waals surface area contributed by atoms with E-state index in [0.29, 0.717) is 17.3 Å². The van der Waals surface area contributed by atoms with Gasteiger partial charge in [0.2, 0.25) is 0 Å². The molecule has 5 heteroatoms. The number of carbonyl (C=O) groups is 2. The molecule has 21 heavy (non-hydrogen) atoms. The summed E-state index contributed by atoms with van der Waals surface area (Å²) in [5, 5.41) is 11.8. The molecule has 0 aliphatic heterocycles. The zero-order valence-electron chi connectivity index (χ0n) is 13.2. The topological polar surface area (TPSA) is 66.4 Å². The van der Waals surface area contributed by atoms with Crippen LogP contribution < -0.4 is 5.32 Å². The Morgan fingerprint density at radius 1 is 1.38 bits per heavy atom. The monoisotopic (exact) mass is 311 g/mol. The molecule has 1 aromatic heterocycles. The summed E-state index contributed by atoms with van der Waals surface area (Å²) in [6.45, 7) is 8.63. The van der Waals surface area contributed by atoms with Crippen LogP contribution in [0.15, 0.2) is 6.07 Å². The molecule has 0 saturated heterocycles. The number of carboxylic acids is 1. The maximum absolute atomic E-state index is 12.2. The summed E-state index contributed by atoms with van der Waals surface area (Å²) < 4.78 is 0. The predicted octanol–water partition coefficient (Wildman–Crippen LogP) is 3.49. The van der Waals surface area contributed by atoms with Gasteiger partial charge in [-0.05, 0) is 43.2 Å². The highest BCUT2D eigenvalue weighted by Crippen LogP contribution is 2.22. The van der Waals surface area contributed by atoms with Gasteiger partial charge in [-0.1, -0.05) is 20.8 Å². The number of thiophene rings is 1. The number of nitrogens with one attached hydrogen (secondary N) is 1. The molecule has 118 valence electrons. The van der Waals surface area contributed by atoms with Crippen LogP contribution in [-0.2, 0) is 11.2 Å². The first-order chi connectivity index (χ1) is 9.83. The lowest BCUT2D eigenvalue weighted by Crippen LogP contribution is -2.30. The molecular weight excluding hydrogens is 286 g/mol. The van der Waals surface area contributed by atoms with E-state index in [1.165, 1.54) is 21.8 Å². The van der Waals surface area contributed by atoms with Crippen LogP contribution in [0.25, 0.3) is 0 Å². The average Bonchev–Trinajstić information content (AvgIpc) is 2.75. The molecule has 2 N–H and O–H groups in total. The standard InChI is InChI=1S/C16H25NO3S/c1-5-13-8-14(21-11(13)4)16(20)17-9-12(6-10(2)3)7-15(18)19/h8,10,12H,5-7,9H2,1-4H3,(H,17,20)(H,18,19)/t12-/m0/s1. The van der Waals surface area contributed by atoms with Crippen molar-refractivity contribution in [2.45, 2.75) is 47.0 Å². The van der Waals surface area contributed by atoms with E-state index >= 15 is 0 Å². The number of amides is 1. The van der Waals surface area contributed by atoms with Crippen molar-refractivity contribution in [3.8, 4) is 0 Å². The third-order valence-corrected chi connectivity index (χ3v) is 4.54. The summed E-state index contributed by atoms with van der Waals surface area (Å²) in [6, 6.07) is 1.93. The summed E-state index contributed by atoms with van der Waals surface area (Å²) in [4.78, 5) is 24.9. The molecule has 0 fully saturated rings. The molecule has 1 amide bonds. The molecule has 0 unspecified atom stereocenters. The average molecular weight is 311 g/mol. The van der Waals surface area contributed by atoms with Gasteiger partial charge in [-0.3, -0.25) is 9.59 Å². The molecule has 0 radical (unpaired) electrons. The van der Waals surface area contributed by atoms with Gasteiger partial charge in [0.05, 0.1) is 4.88 Å². The van der Waals surface area contributed by atoms with Gasteiger partial charge in [0.25, 0.3) is 5.91 Å². The van der Waals surface area contributed by atoms with E-state index in [1.54, 1.807) is 0 Å². The molecule has 0 aliphatic carbocycles. The summed E-state index contributed by atoms with van der Waals surface area (Å²) in [7, 11) is 0. The number of carboxylic acid groups (broad SMARTS) is 1. The Morgan fingerprint density at radius 3 is 2.52 bits per heavy atom. The fourth-order valence-electron chi connectivity index (χ4n) is 2.46. The van der Waals surface area contributed by atoms with E-state index in [1.807, 2.05) is 13.0 Å². The van der Waals surface area contributed by atoms with Gasteiger partial charge in [0.15, 0.2) is 0 Å². The van der Waals surface area contributed by atoms with Crippen molar-refractivity contribution in [2.75, 3.05) is 6.54 Å². The Labute approximate surface area is 130 Å². The predicted molar refractivity (Wildman–Crippen MR) is 86.0 cm³/mol. The first-order valence-corrected chi connectivity index (χ1v) is 8.24. The Hall–Kier alpha value is -1.36. The van der Waals surface area contributed by atoms with Gasteiger partial charge < -0.3 is 10.4 Å². The molecule has 1 heterocycles. The summed E-state index contributed by atoms with van der Waals surface area (Å²) >= 11 is 1.50. The van der Waals surface area contributed by atoms with Crippen LogP contribution in [-0.4, -0.2) is 23.5 Å². The van der Waals surface area contributed by atoms with E-state index in [4.69, 9.17) is 5.11 Å². The highest BCUT2D eigenvalue weighted by Gasteiger charge is 2.17. The Balaban J connectivity index is 2.61.